The van der Waals surface area contributed by atoms with Crippen LogP contribution in [0.1, 0.15) is 12.8 Å². The topological polar surface area (TPSA) is 32.3 Å². The summed E-state index contributed by atoms with van der Waals surface area (Å²) in [5.74, 6) is 0.746. The Bertz CT molecular complexity index is 165. The van der Waals surface area contributed by atoms with Crippen molar-refractivity contribution < 1.29 is 4.79 Å². The number of rotatable bonds is 1. The van der Waals surface area contributed by atoms with Gasteiger partial charge in [-0.2, -0.15) is 0 Å². The van der Waals surface area contributed by atoms with Crippen LogP contribution in [0.4, 0.5) is 4.79 Å². The summed E-state index contributed by atoms with van der Waals surface area (Å²) in [6.45, 7) is 0.795. The van der Waals surface area contributed by atoms with Crippen molar-refractivity contribution in [2.24, 2.45) is 5.92 Å². The molecule has 1 radical (unpaired) electrons. The molecular formula is C7H11N2O. The molecular weight excluding hydrogens is 128 g/mol. The quantitative estimate of drug-likeness (QED) is 0.566. The summed E-state index contributed by atoms with van der Waals surface area (Å²) in [4.78, 5) is 12.4. The van der Waals surface area contributed by atoms with Gasteiger partial charge in [0.25, 0.3) is 0 Å². The van der Waals surface area contributed by atoms with Gasteiger partial charge in [0.05, 0.1) is 6.04 Å². The molecule has 10 heavy (non-hydrogen) atoms. The van der Waals surface area contributed by atoms with Gasteiger partial charge in [0.15, 0.2) is 0 Å². The van der Waals surface area contributed by atoms with E-state index in [0.29, 0.717) is 6.04 Å². The van der Waals surface area contributed by atoms with Gasteiger partial charge in [0, 0.05) is 13.6 Å². The molecule has 55 valence electrons. The molecule has 0 spiro atoms. The fourth-order valence-corrected chi connectivity index (χ4v) is 1.38. The lowest BCUT2D eigenvalue weighted by molar-refractivity contribution is 0.229. The molecule has 3 heteroatoms. The van der Waals surface area contributed by atoms with Crippen LogP contribution < -0.4 is 5.32 Å². The summed E-state index contributed by atoms with van der Waals surface area (Å²) >= 11 is 0. The Morgan fingerprint density at radius 2 is 2.30 bits per heavy atom. The summed E-state index contributed by atoms with van der Waals surface area (Å²) in [5, 5.41) is 2.89. The molecule has 0 bridgehead atoms. The van der Waals surface area contributed by atoms with E-state index >= 15 is 0 Å². The first-order valence-electron chi connectivity index (χ1n) is 3.66. The second kappa shape index (κ2) is 1.87. The van der Waals surface area contributed by atoms with Crippen molar-refractivity contribution in [2.45, 2.75) is 18.9 Å². The predicted octanol–water partition coefficient (Wildman–Crippen LogP) is 0.582. The third-order valence-corrected chi connectivity index (χ3v) is 2.20. The van der Waals surface area contributed by atoms with Crippen LogP contribution >= 0.6 is 0 Å². The smallest absolute Gasteiger partial charge is 0.317 e. The van der Waals surface area contributed by atoms with Crippen molar-refractivity contribution in [1.29, 1.82) is 0 Å². The zero-order valence-electron chi connectivity index (χ0n) is 5.84. The third kappa shape index (κ3) is 0.856. The van der Waals surface area contributed by atoms with Gasteiger partial charge in [0.2, 0.25) is 0 Å². The van der Waals surface area contributed by atoms with E-state index < -0.39 is 0 Å². The Morgan fingerprint density at radius 1 is 1.60 bits per heavy atom. The average Bonchev–Trinajstić information content (AvgIpc) is 2.64. The highest BCUT2D eigenvalue weighted by molar-refractivity contribution is 5.77. The highest BCUT2D eigenvalue weighted by atomic mass is 16.2. The van der Waals surface area contributed by atoms with Crippen LogP contribution in [0.25, 0.3) is 0 Å². The summed E-state index contributed by atoms with van der Waals surface area (Å²) < 4.78 is 0. The standard InChI is InChI=1S/C7H11N2O/c1-9-4-6(5-2-3-5)8-7(9)10/h5-6H,1-4H2,(H,8,10)/t6-/m0/s1. The van der Waals surface area contributed by atoms with Gasteiger partial charge < -0.3 is 10.2 Å². The SMILES string of the molecule is [CH2]N1C[C@@H](C2CC2)NC1=O. The third-order valence-electron chi connectivity index (χ3n) is 2.20. The van der Waals surface area contributed by atoms with Crippen molar-refractivity contribution in [1.82, 2.24) is 10.2 Å². The lowest BCUT2D eigenvalue weighted by atomic mass is 10.2. The first-order valence-corrected chi connectivity index (χ1v) is 3.66. The molecule has 0 aromatic heterocycles. The van der Waals surface area contributed by atoms with E-state index in [9.17, 15) is 4.79 Å². The zero-order chi connectivity index (χ0) is 7.14. The van der Waals surface area contributed by atoms with E-state index in [2.05, 4.69) is 12.4 Å². The van der Waals surface area contributed by atoms with Crippen LogP contribution in [0.2, 0.25) is 0 Å². The number of carbonyl (C=O) groups excluding carboxylic acids is 1. The maximum Gasteiger partial charge on any atom is 0.317 e. The van der Waals surface area contributed by atoms with Crippen molar-refractivity contribution in [3.63, 3.8) is 0 Å². The number of hydrogen-bond donors (Lipinski definition) is 1. The molecule has 2 amide bonds. The Kier molecular flexibility index (Phi) is 1.13. The molecule has 0 aromatic carbocycles. The number of carbonyl (C=O) groups is 1. The van der Waals surface area contributed by atoms with Crippen molar-refractivity contribution >= 4 is 6.03 Å². The predicted molar refractivity (Wildman–Crippen MR) is 37.1 cm³/mol. The van der Waals surface area contributed by atoms with Gasteiger partial charge in [-0.15, -0.1) is 0 Å². The first kappa shape index (κ1) is 6.01. The van der Waals surface area contributed by atoms with Crippen molar-refractivity contribution in [3.05, 3.63) is 7.05 Å². The molecule has 1 saturated carbocycles. The largest absolute Gasteiger partial charge is 0.333 e. The van der Waals surface area contributed by atoms with Crippen LogP contribution in [0.5, 0.6) is 0 Å². The Morgan fingerprint density at radius 3 is 2.70 bits per heavy atom. The summed E-state index contributed by atoms with van der Waals surface area (Å²) in [5.41, 5.74) is 0. The van der Waals surface area contributed by atoms with Crippen LogP contribution in [0.15, 0.2) is 0 Å². The number of amides is 2. The molecule has 1 aliphatic carbocycles. The first-order chi connectivity index (χ1) is 4.77. The van der Waals surface area contributed by atoms with E-state index in [1.54, 1.807) is 0 Å². The molecule has 2 aliphatic rings. The molecule has 2 rings (SSSR count). The molecule has 3 nitrogen and oxygen atoms in total. The van der Waals surface area contributed by atoms with Gasteiger partial charge in [-0.1, -0.05) is 0 Å². The van der Waals surface area contributed by atoms with E-state index in [4.69, 9.17) is 0 Å². The van der Waals surface area contributed by atoms with E-state index in [1.165, 1.54) is 17.7 Å². The second-order valence-corrected chi connectivity index (χ2v) is 3.12. The fourth-order valence-electron chi connectivity index (χ4n) is 1.38. The van der Waals surface area contributed by atoms with Crippen LogP contribution in [-0.4, -0.2) is 23.5 Å². The van der Waals surface area contributed by atoms with Gasteiger partial charge >= 0.3 is 6.03 Å². The van der Waals surface area contributed by atoms with Crippen LogP contribution in [0, 0.1) is 13.0 Å². The normalized spacial score (nSPS) is 32.7. The molecule has 1 atom stereocenters. The van der Waals surface area contributed by atoms with E-state index in [1.807, 2.05) is 0 Å². The van der Waals surface area contributed by atoms with E-state index in [0.717, 1.165) is 12.5 Å². The molecule has 2 fully saturated rings. The lowest BCUT2D eigenvalue weighted by Gasteiger charge is -2.05. The Balaban J connectivity index is 1.97. The maximum absolute atomic E-state index is 10.9. The van der Waals surface area contributed by atoms with Crippen molar-refractivity contribution in [3.8, 4) is 0 Å². The average molecular weight is 139 g/mol. The highest BCUT2D eigenvalue weighted by Gasteiger charge is 2.37. The van der Waals surface area contributed by atoms with Gasteiger partial charge in [0.1, 0.15) is 0 Å². The summed E-state index contributed by atoms with van der Waals surface area (Å²) in [6.07, 6.45) is 2.55. The molecule has 1 saturated heterocycles. The molecule has 0 unspecified atom stereocenters. The van der Waals surface area contributed by atoms with Crippen molar-refractivity contribution in [2.75, 3.05) is 6.54 Å². The van der Waals surface area contributed by atoms with Gasteiger partial charge in [-0.25, -0.2) is 4.79 Å². The highest BCUT2D eigenvalue weighted by Crippen LogP contribution is 2.34. The van der Waals surface area contributed by atoms with Gasteiger partial charge in [-0.05, 0) is 18.8 Å². The van der Waals surface area contributed by atoms with Gasteiger partial charge in [-0.3, -0.25) is 0 Å². The Labute approximate surface area is 60.4 Å². The lowest BCUT2D eigenvalue weighted by Crippen LogP contribution is -2.28. The number of urea groups is 1. The van der Waals surface area contributed by atoms with Crippen LogP contribution in [0.3, 0.4) is 0 Å². The monoisotopic (exact) mass is 139 g/mol. The number of nitrogens with one attached hydrogen (secondary N) is 1. The molecule has 0 aromatic rings. The minimum Gasteiger partial charge on any atom is -0.333 e. The van der Waals surface area contributed by atoms with Crippen LogP contribution in [-0.2, 0) is 0 Å². The summed E-state index contributed by atoms with van der Waals surface area (Å²) in [7, 11) is 3.60. The molecule has 1 N–H and O–H groups in total. The molecule has 1 aliphatic heterocycles. The minimum absolute atomic E-state index is 0.0168. The minimum atomic E-state index is -0.0168. The maximum atomic E-state index is 10.9. The van der Waals surface area contributed by atoms with E-state index in [-0.39, 0.29) is 6.03 Å². The molecule has 1 heterocycles. The second-order valence-electron chi connectivity index (χ2n) is 3.12. The fraction of sp³-hybridized carbons (Fsp3) is 0.714. The number of hydrogen-bond acceptors (Lipinski definition) is 1. The number of nitrogens with zero attached hydrogens (tertiary/aromatic N) is 1. The zero-order valence-corrected chi connectivity index (χ0v) is 5.84. The Hall–Kier alpha value is -0.730. The summed E-state index contributed by atoms with van der Waals surface area (Å²) in [6, 6.07) is 0.377.